The van der Waals surface area contributed by atoms with Crippen LogP contribution in [0.1, 0.15) is 23.9 Å². The predicted molar refractivity (Wildman–Crippen MR) is 144 cm³/mol. The smallest absolute Gasteiger partial charge is 0.282 e. The van der Waals surface area contributed by atoms with Crippen molar-refractivity contribution < 1.29 is 4.84 Å². The van der Waals surface area contributed by atoms with E-state index in [-0.39, 0.29) is 12.2 Å². The van der Waals surface area contributed by atoms with E-state index < -0.39 is 0 Å². The van der Waals surface area contributed by atoms with Crippen LogP contribution in [0.15, 0.2) is 105 Å². The van der Waals surface area contributed by atoms with E-state index in [4.69, 9.17) is 4.84 Å². The Morgan fingerprint density at radius 3 is 2.61 bits per heavy atom. The topological polar surface area (TPSA) is 97.5 Å². The molecule has 8 nitrogen and oxygen atoms in total. The number of nitrogens with zero attached hydrogens (tertiary/aromatic N) is 5. The van der Waals surface area contributed by atoms with E-state index in [9.17, 15) is 4.79 Å². The average molecular weight is 541 g/mol. The standard InChI is InChI=1S/C27H21BrN6O2/c1-18(19-7-3-2-4-8-19)33-36-17-25-31-24-10-6-5-9-23(24)27(35)34(25)30-16-21-15-29-32-26(21)20-11-13-22(28)14-12-20/h2-16H,17H2,1H3,(H,29,32)/b30-16+,33-18+. The average Bonchev–Trinajstić information content (AvgIpc) is 3.38. The summed E-state index contributed by atoms with van der Waals surface area (Å²) < 4.78 is 2.22. The molecule has 0 saturated heterocycles. The summed E-state index contributed by atoms with van der Waals surface area (Å²) in [4.78, 5) is 23.5. The highest BCUT2D eigenvalue weighted by Gasteiger charge is 2.12. The van der Waals surface area contributed by atoms with Crippen LogP contribution in [0.5, 0.6) is 0 Å². The third kappa shape index (κ3) is 5.01. The van der Waals surface area contributed by atoms with E-state index in [1.807, 2.05) is 67.6 Å². The molecule has 0 aliphatic rings. The lowest BCUT2D eigenvalue weighted by atomic mass is 10.1. The number of nitrogens with one attached hydrogen (secondary N) is 1. The second-order valence-electron chi connectivity index (χ2n) is 7.93. The number of aromatic nitrogens is 4. The summed E-state index contributed by atoms with van der Waals surface area (Å²) in [6.45, 7) is 1.82. The summed E-state index contributed by atoms with van der Waals surface area (Å²) in [7, 11) is 0. The van der Waals surface area contributed by atoms with Crippen LogP contribution in [0.3, 0.4) is 0 Å². The van der Waals surface area contributed by atoms with Crippen molar-refractivity contribution in [1.29, 1.82) is 0 Å². The van der Waals surface area contributed by atoms with Gasteiger partial charge in [0, 0.05) is 15.6 Å². The maximum absolute atomic E-state index is 13.3. The van der Waals surface area contributed by atoms with Crippen LogP contribution < -0.4 is 5.56 Å². The molecule has 2 heterocycles. The summed E-state index contributed by atoms with van der Waals surface area (Å²) in [5.74, 6) is 0.327. The van der Waals surface area contributed by atoms with Crippen molar-refractivity contribution in [2.75, 3.05) is 0 Å². The summed E-state index contributed by atoms with van der Waals surface area (Å²) in [6, 6.07) is 24.7. The maximum Gasteiger partial charge on any atom is 0.282 e. The fourth-order valence-electron chi connectivity index (χ4n) is 3.66. The fraction of sp³-hybridized carbons (Fsp3) is 0.0741. The Morgan fingerprint density at radius 1 is 1.06 bits per heavy atom. The molecule has 9 heteroatoms. The number of hydrogen-bond donors (Lipinski definition) is 1. The summed E-state index contributed by atoms with van der Waals surface area (Å²) in [5, 5.41) is 16.3. The minimum atomic E-state index is -0.298. The van der Waals surface area contributed by atoms with Gasteiger partial charge in [0.25, 0.3) is 5.56 Å². The number of hydrogen-bond acceptors (Lipinski definition) is 6. The van der Waals surface area contributed by atoms with E-state index in [2.05, 4.69) is 41.4 Å². The van der Waals surface area contributed by atoms with Crippen molar-refractivity contribution in [2.24, 2.45) is 10.3 Å². The first kappa shape index (κ1) is 23.4. The van der Waals surface area contributed by atoms with Gasteiger partial charge in [0.15, 0.2) is 12.4 Å². The molecule has 0 atom stereocenters. The van der Waals surface area contributed by atoms with Gasteiger partial charge in [0.05, 0.1) is 34.7 Å². The van der Waals surface area contributed by atoms with Crippen LogP contribution in [0, 0.1) is 0 Å². The number of para-hydroxylation sites is 1. The van der Waals surface area contributed by atoms with Crippen LogP contribution in [-0.2, 0) is 11.4 Å². The lowest BCUT2D eigenvalue weighted by molar-refractivity contribution is 0.122. The van der Waals surface area contributed by atoms with E-state index in [0.29, 0.717) is 22.4 Å². The predicted octanol–water partition coefficient (Wildman–Crippen LogP) is 5.37. The van der Waals surface area contributed by atoms with Crippen molar-refractivity contribution in [3.63, 3.8) is 0 Å². The lowest BCUT2D eigenvalue weighted by Gasteiger charge is -2.09. The van der Waals surface area contributed by atoms with E-state index in [0.717, 1.165) is 26.9 Å². The molecular weight excluding hydrogens is 520 g/mol. The van der Waals surface area contributed by atoms with E-state index in [1.54, 1.807) is 30.6 Å². The molecule has 0 radical (unpaired) electrons. The van der Waals surface area contributed by atoms with Gasteiger partial charge in [-0.05, 0) is 36.8 Å². The second-order valence-corrected chi connectivity index (χ2v) is 8.85. The van der Waals surface area contributed by atoms with E-state index in [1.165, 1.54) is 4.68 Å². The minimum absolute atomic E-state index is 0.0352. The number of halogens is 1. The highest BCUT2D eigenvalue weighted by Crippen LogP contribution is 2.22. The largest absolute Gasteiger partial charge is 0.387 e. The van der Waals surface area contributed by atoms with Crippen LogP contribution in [0.4, 0.5) is 0 Å². The molecule has 0 aliphatic carbocycles. The van der Waals surface area contributed by atoms with Gasteiger partial charge < -0.3 is 4.84 Å². The minimum Gasteiger partial charge on any atom is -0.387 e. The van der Waals surface area contributed by atoms with Gasteiger partial charge >= 0.3 is 0 Å². The highest BCUT2D eigenvalue weighted by atomic mass is 79.9. The van der Waals surface area contributed by atoms with E-state index >= 15 is 0 Å². The molecule has 5 aromatic rings. The van der Waals surface area contributed by atoms with Crippen LogP contribution >= 0.6 is 15.9 Å². The molecule has 36 heavy (non-hydrogen) atoms. The highest BCUT2D eigenvalue weighted by molar-refractivity contribution is 9.10. The molecule has 0 aliphatic heterocycles. The quantitative estimate of drug-likeness (QED) is 0.221. The Balaban J connectivity index is 1.49. The van der Waals surface area contributed by atoms with Gasteiger partial charge in [-0.3, -0.25) is 9.89 Å². The van der Waals surface area contributed by atoms with Crippen molar-refractivity contribution in [3.05, 3.63) is 117 Å². The fourth-order valence-corrected chi connectivity index (χ4v) is 3.93. The molecule has 0 bridgehead atoms. The Labute approximate surface area is 215 Å². The van der Waals surface area contributed by atoms with Gasteiger partial charge in [-0.2, -0.15) is 14.9 Å². The molecule has 0 saturated carbocycles. The Hall–Kier alpha value is -4.37. The first-order valence-corrected chi connectivity index (χ1v) is 12.0. The second kappa shape index (κ2) is 10.5. The summed E-state index contributed by atoms with van der Waals surface area (Å²) in [5.41, 5.74) is 4.38. The molecule has 0 spiro atoms. The molecular formula is C27H21BrN6O2. The zero-order valence-corrected chi connectivity index (χ0v) is 20.9. The molecule has 2 aromatic heterocycles. The van der Waals surface area contributed by atoms with Crippen LogP contribution in [0.25, 0.3) is 22.2 Å². The SMILES string of the molecule is C/C(=N\OCc1nc2ccccc2c(=O)n1/N=C/c1cn[nH]c1-c1ccc(Br)cc1)c1ccccc1. The number of oxime groups is 1. The maximum atomic E-state index is 13.3. The first-order valence-electron chi connectivity index (χ1n) is 11.2. The number of benzene rings is 3. The van der Waals surface area contributed by atoms with Crippen molar-refractivity contribution >= 4 is 38.8 Å². The van der Waals surface area contributed by atoms with Gasteiger partial charge in [-0.15, -0.1) is 0 Å². The van der Waals surface area contributed by atoms with Gasteiger partial charge in [-0.1, -0.05) is 75.7 Å². The molecule has 0 amide bonds. The van der Waals surface area contributed by atoms with Crippen LogP contribution in [-0.4, -0.2) is 31.8 Å². The number of H-pyrrole nitrogens is 1. The van der Waals surface area contributed by atoms with Crippen molar-refractivity contribution in [3.8, 4) is 11.3 Å². The normalized spacial score (nSPS) is 11.9. The van der Waals surface area contributed by atoms with Gasteiger partial charge in [-0.25, -0.2) is 4.98 Å². The molecule has 5 rings (SSSR count). The van der Waals surface area contributed by atoms with Crippen LogP contribution in [0.2, 0.25) is 0 Å². The molecule has 0 fully saturated rings. The molecule has 3 aromatic carbocycles. The Morgan fingerprint density at radius 2 is 1.81 bits per heavy atom. The first-order chi connectivity index (χ1) is 17.6. The van der Waals surface area contributed by atoms with Crippen molar-refractivity contribution in [1.82, 2.24) is 19.9 Å². The Kier molecular flexibility index (Phi) is 6.81. The lowest BCUT2D eigenvalue weighted by Crippen LogP contribution is -2.22. The molecule has 178 valence electrons. The molecule has 0 unspecified atom stereocenters. The summed E-state index contributed by atoms with van der Waals surface area (Å²) in [6.07, 6.45) is 3.24. The zero-order chi connectivity index (χ0) is 24.9. The zero-order valence-electron chi connectivity index (χ0n) is 19.3. The monoisotopic (exact) mass is 540 g/mol. The summed E-state index contributed by atoms with van der Waals surface area (Å²) >= 11 is 3.45. The van der Waals surface area contributed by atoms with Crippen molar-refractivity contribution in [2.45, 2.75) is 13.5 Å². The Bertz CT molecular complexity index is 1620. The molecule has 1 N–H and O–H groups in total. The third-order valence-electron chi connectivity index (χ3n) is 5.52. The van der Waals surface area contributed by atoms with Gasteiger partial charge in [0.1, 0.15) is 0 Å². The number of aromatic amines is 1. The number of fused-ring (bicyclic) bond motifs is 1. The third-order valence-corrected chi connectivity index (χ3v) is 6.05. The van der Waals surface area contributed by atoms with Gasteiger partial charge in [0.2, 0.25) is 0 Å². The number of rotatable bonds is 7.